The normalized spacial score (nSPS) is 37.4. The zero-order valence-electron chi connectivity index (χ0n) is 6.87. The van der Waals surface area contributed by atoms with Crippen LogP contribution in [-0.2, 0) is 18.9 Å². The summed E-state index contributed by atoms with van der Waals surface area (Å²) in [5.41, 5.74) is 0. The van der Waals surface area contributed by atoms with Gasteiger partial charge >= 0.3 is 6.16 Å². The average molecular weight is 229 g/mol. The Labute approximate surface area is 86.0 Å². The van der Waals surface area contributed by atoms with Crippen LogP contribution >= 0.6 is 23.2 Å². The Balaban J connectivity index is 2.03. The maximum Gasteiger partial charge on any atom is 0.413 e. The van der Waals surface area contributed by atoms with E-state index in [2.05, 4.69) is 0 Å². The fraction of sp³-hybridized carbons (Fsp3) is 1.00. The van der Waals surface area contributed by atoms with Crippen molar-refractivity contribution in [2.75, 3.05) is 25.0 Å². The van der Waals surface area contributed by atoms with Gasteiger partial charge in [-0.15, -0.1) is 23.2 Å². The lowest BCUT2D eigenvalue weighted by molar-refractivity contribution is -0.429. The summed E-state index contributed by atoms with van der Waals surface area (Å²) in [6.07, 6.45) is -1.87. The molecule has 2 saturated heterocycles. The molecule has 2 unspecified atom stereocenters. The number of alkyl halides is 2. The highest BCUT2D eigenvalue weighted by Gasteiger charge is 2.52. The summed E-state index contributed by atoms with van der Waals surface area (Å²) >= 11 is 11.3. The first kappa shape index (κ1) is 9.96. The van der Waals surface area contributed by atoms with E-state index in [9.17, 15) is 0 Å². The van der Waals surface area contributed by atoms with E-state index >= 15 is 0 Å². The first-order chi connectivity index (χ1) is 6.29. The molecule has 0 N–H and O–H groups in total. The molecule has 1 spiro atoms. The lowest BCUT2D eigenvalue weighted by atomic mass is 10.3. The van der Waals surface area contributed by atoms with Gasteiger partial charge in [-0.05, 0) is 0 Å². The second kappa shape index (κ2) is 3.88. The summed E-state index contributed by atoms with van der Waals surface area (Å²) in [6.45, 7) is 0.925. The van der Waals surface area contributed by atoms with Crippen molar-refractivity contribution in [3.05, 3.63) is 0 Å². The Morgan fingerprint density at radius 3 is 1.85 bits per heavy atom. The predicted molar refractivity (Wildman–Crippen MR) is 45.8 cm³/mol. The zero-order valence-corrected chi connectivity index (χ0v) is 8.38. The maximum absolute atomic E-state index is 5.67. The lowest BCUT2D eigenvalue weighted by Gasteiger charge is -2.18. The van der Waals surface area contributed by atoms with Crippen molar-refractivity contribution in [2.45, 2.75) is 18.4 Å². The zero-order chi connectivity index (χ0) is 9.31. The fourth-order valence-corrected chi connectivity index (χ4v) is 1.85. The molecule has 76 valence electrons. The number of halogens is 2. The number of ether oxygens (including phenoxy) is 4. The van der Waals surface area contributed by atoms with E-state index in [1.165, 1.54) is 0 Å². The van der Waals surface area contributed by atoms with Gasteiger partial charge in [-0.25, -0.2) is 0 Å². The number of hydrogen-bond acceptors (Lipinski definition) is 4. The molecule has 0 aromatic carbocycles. The molecule has 6 heteroatoms. The van der Waals surface area contributed by atoms with Gasteiger partial charge in [-0.2, -0.15) is 0 Å². The van der Waals surface area contributed by atoms with Gasteiger partial charge in [-0.3, -0.25) is 9.47 Å². The predicted octanol–water partition coefficient (Wildman–Crippen LogP) is 0.906. The van der Waals surface area contributed by atoms with Crippen LogP contribution in [0.1, 0.15) is 0 Å². The summed E-state index contributed by atoms with van der Waals surface area (Å²) in [7, 11) is 0. The monoisotopic (exact) mass is 228 g/mol. The number of hydrogen-bond donors (Lipinski definition) is 0. The fourth-order valence-electron chi connectivity index (χ4n) is 1.32. The summed E-state index contributed by atoms with van der Waals surface area (Å²) in [5, 5.41) is 0. The van der Waals surface area contributed by atoms with E-state index in [1.54, 1.807) is 0 Å². The van der Waals surface area contributed by atoms with Gasteiger partial charge in [0.25, 0.3) is 0 Å². The largest absolute Gasteiger partial charge is 0.413 e. The Morgan fingerprint density at radius 2 is 1.46 bits per heavy atom. The topological polar surface area (TPSA) is 36.9 Å². The molecule has 0 aliphatic carbocycles. The van der Waals surface area contributed by atoms with Crippen LogP contribution in [0.4, 0.5) is 0 Å². The first-order valence-corrected chi connectivity index (χ1v) is 5.12. The Hall–Kier alpha value is 0.420. The molecule has 2 aliphatic rings. The van der Waals surface area contributed by atoms with Gasteiger partial charge in [0.1, 0.15) is 12.2 Å². The SMILES string of the molecule is ClCC1OC2(OCCO2)OC1CCl. The van der Waals surface area contributed by atoms with E-state index in [4.69, 9.17) is 42.1 Å². The molecule has 2 heterocycles. The van der Waals surface area contributed by atoms with E-state index < -0.39 is 6.16 Å². The van der Waals surface area contributed by atoms with Crippen LogP contribution < -0.4 is 0 Å². The molecule has 0 aromatic heterocycles. The van der Waals surface area contributed by atoms with Crippen molar-refractivity contribution in [3.63, 3.8) is 0 Å². The van der Waals surface area contributed by atoms with Gasteiger partial charge < -0.3 is 9.47 Å². The quantitative estimate of drug-likeness (QED) is 0.659. The third kappa shape index (κ3) is 1.79. The van der Waals surface area contributed by atoms with Crippen LogP contribution in [0.25, 0.3) is 0 Å². The molecule has 0 aromatic rings. The second-order valence-electron chi connectivity index (χ2n) is 2.82. The second-order valence-corrected chi connectivity index (χ2v) is 3.44. The lowest BCUT2D eigenvalue weighted by Crippen LogP contribution is -2.32. The standard InChI is InChI=1S/C7H10Cl2O4/c8-3-5-6(4-9)13-7(12-5)10-1-2-11-7/h5-6H,1-4H2. The van der Waals surface area contributed by atoms with E-state index in [-0.39, 0.29) is 12.2 Å². The summed E-state index contributed by atoms with van der Waals surface area (Å²) in [6, 6.07) is 0. The molecule has 13 heavy (non-hydrogen) atoms. The van der Waals surface area contributed by atoms with Gasteiger partial charge in [-0.1, -0.05) is 0 Å². The molecule has 0 saturated carbocycles. The Morgan fingerprint density at radius 1 is 1.00 bits per heavy atom. The summed E-state index contributed by atoms with van der Waals surface area (Å²) in [5.74, 6) is 0.623. The molecule has 2 rings (SSSR count). The average Bonchev–Trinajstić information content (AvgIpc) is 2.74. The molecule has 4 nitrogen and oxygen atoms in total. The van der Waals surface area contributed by atoms with Gasteiger partial charge in [0.15, 0.2) is 0 Å². The van der Waals surface area contributed by atoms with Crippen LogP contribution in [0, 0.1) is 0 Å². The molecule has 0 bridgehead atoms. The van der Waals surface area contributed by atoms with Crippen LogP contribution in [-0.4, -0.2) is 43.3 Å². The van der Waals surface area contributed by atoms with E-state index in [1.807, 2.05) is 0 Å². The molecule has 2 aliphatic heterocycles. The van der Waals surface area contributed by atoms with Crippen LogP contribution in [0.5, 0.6) is 0 Å². The molecular formula is C7H10Cl2O4. The third-order valence-electron chi connectivity index (χ3n) is 1.95. The van der Waals surface area contributed by atoms with Gasteiger partial charge in [0.2, 0.25) is 0 Å². The molecule has 2 fully saturated rings. The molecule has 0 amide bonds. The summed E-state index contributed by atoms with van der Waals surface area (Å²) in [4.78, 5) is 0. The van der Waals surface area contributed by atoms with Gasteiger partial charge in [0, 0.05) is 0 Å². The van der Waals surface area contributed by atoms with E-state index in [0.29, 0.717) is 25.0 Å². The highest BCUT2D eigenvalue weighted by Crippen LogP contribution is 2.34. The van der Waals surface area contributed by atoms with Crippen molar-refractivity contribution in [3.8, 4) is 0 Å². The molecule has 2 atom stereocenters. The Kier molecular flexibility index (Phi) is 2.97. The smallest absolute Gasteiger partial charge is 0.301 e. The van der Waals surface area contributed by atoms with Gasteiger partial charge in [0.05, 0.1) is 25.0 Å². The Bertz CT molecular complexity index is 169. The minimum absolute atomic E-state index is 0.266. The van der Waals surface area contributed by atoms with Crippen LogP contribution in [0.2, 0.25) is 0 Å². The minimum atomic E-state index is -1.33. The van der Waals surface area contributed by atoms with Crippen molar-refractivity contribution >= 4 is 23.2 Å². The van der Waals surface area contributed by atoms with Crippen LogP contribution in [0.15, 0.2) is 0 Å². The first-order valence-electron chi connectivity index (χ1n) is 4.05. The number of rotatable bonds is 2. The minimum Gasteiger partial charge on any atom is -0.301 e. The van der Waals surface area contributed by atoms with Crippen molar-refractivity contribution in [1.29, 1.82) is 0 Å². The molecular weight excluding hydrogens is 219 g/mol. The maximum atomic E-state index is 5.67. The van der Waals surface area contributed by atoms with E-state index in [0.717, 1.165) is 0 Å². The van der Waals surface area contributed by atoms with Crippen molar-refractivity contribution in [1.82, 2.24) is 0 Å². The highest BCUT2D eigenvalue weighted by molar-refractivity contribution is 6.19. The molecule has 0 radical (unpaired) electrons. The highest BCUT2D eigenvalue weighted by atomic mass is 35.5. The van der Waals surface area contributed by atoms with Crippen molar-refractivity contribution < 1.29 is 18.9 Å². The van der Waals surface area contributed by atoms with Crippen LogP contribution in [0.3, 0.4) is 0 Å². The third-order valence-corrected chi connectivity index (χ3v) is 2.56. The summed E-state index contributed by atoms with van der Waals surface area (Å²) < 4.78 is 21.1. The van der Waals surface area contributed by atoms with Crippen molar-refractivity contribution in [2.24, 2.45) is 0 Å².